The van der Waals surface area contributed by atoms with E-state index in [1.54, 1.807) is 17.0 Å². The van der Waals surface area contributed by atoms with Gasteiger partial charge in [0.2, 0.25) is 5.91 Å². The van der Waals surface area contributed by atoms with Crippen molar-refractivity contribution in [2.75, 3.05) is 18.2 Å². The zero-order chi connectivity index (χ0) is 28.5. The van der Waals surface area contributed by atoms with E-state index in [-0.39, 0.29) is 41.0 Å². The summed E-state index contributed by atoms with van der Waals surface area (Å²) >= 11 is 1.47. The van der Waals surface area contributed by atoms with Gasteiger partial charge in [0.05, 0.1) is 12.0 Å². The van der Waals surface area contributed by atoms with Gasteiger partial charge < -0.3 is 24.7 Å². The highest BCUT2D eigenvalue weighted by Gasteiger charge is 2.49. The number of benzene rings is 1. The minimum absolute atomic E-state index is 0.0900. The molecule has 5 unspecified atom stereocenters. The summed E-state index contributed by atoms with van der Waals surface area (Å²) in [7, 11) is 0. The van der Waals surface area contributed by atoms with E-state index in [9.17, 15) is 24.6 Å². The molecule has 2 heterocycles. The molecule has 9 heteroatoms. The number of carbonyl (C=O) groups is 3. The average molecular weight is 561 g/mol. The Kier molecular flexibility index (Phi) is 8.91. The second-order valence-electron chi connectivity index (χ2n) is 12.7. The van der Waals surface area contributed by atoms with Crippen molar-refractivity contribution in [3.05, 3.63) is 29.8 Å². The molecule has 2 amide bonds. The monoisotopic (exact) mass is 560 g/mol. The van der Waals surface area contributed by atoms with Crippen LogP contribution in [0.5, 0.6) is 5.75 Å². The van der Waals surface area contributed by atoms with Gasteiger partial charge in [-0.15, -0.1) is 11.8 Å². The second kappa shape index (κ2) is 11.7. The fourth-order valence-electron chi connectivity index (χ4n) is 6.37. The number of nitrogens with zero attached hydrogens (tertiary/aromatic N) is 2. The van der Waals surface area contributed by atoms with Crippen molar-refractivity contribution in [3.8, 4) is 5.75 Å². The molecule has 1 aliphatic carbocycles. The fraction of sp³-hybridized carbons (Fsp3) is 0.700. The van der Waals surface area contributed by atoms with Crippen molar-refractivity contribution in [2.45, 2.75) is 97.4 Å². The number of aromatic hydroxyl groups is 1. The number of likely N-dealkylation sites (tertiary alicyclic amines) is 1. The number of phenols is 1. The summed E-state index contributed by atoms with van der Waals surface area (Å²) in [4.78, 5) is 43.0. The highest BCUT2D eigenvalue weighted by atomic mass is 32.2. The zero-order valence-corrected chi connectivity index (χ0v) is 24.7. The molecule has 2 saturated heterocycles. The minimum atomic E-state index is -1.30. The van der Waals surface area contributed by atoms with Crippen molar-refractivity contribution < 1.29 is 29.3 Å². The predicted molar refractivity (Wildman–Crippen MR) is 151 cm³/mol. The van der Waals surface area contributed by atoms with Gasteiger partial charge in [0.25, 0.3) is 5.91 Å². The highest BCUT2D eigenvalue weighted by molar-refractivity contribution is 7.99. The van der Waals surface area contributed by atoms with Gasteiger partial charge in [-0.3, -0.25) is 9.59 Å². The van der Waals surface area contributed by atoms with Crippen LogP contribution in [0, 0.1) is 16.7 Å². The van der Waals surface area contributed by atoms with E-state index in [1.807, 2.05) is 6.92 Å². The van der Waals surface area contributed by atoms with Crippen LogP contribution >= 0.6 is 11.8 Å². The summed E-state index contributed by atoms with van der Waals surface area (Å²) in [5, 5.41) is 20.1. The summed E-state index contributed by atoms with van der Waals surface area (Å²) in [5.41, 5.74) is 1.12. The number of aliphatic hydroxyl groups excluding tert-OH is 1. The van der Waals surface area contributed by atoms with E-state index in [1.165, 1.54) is 28.8 Å². The Bertz CT molecular complexity index is 1060. The van der Waals surface area contributed by atoms with Crippen LogP contribution in [0.15, 0.2) is 24.3 Å². The molecule has 1 aromatic rings. The number of esters is 1. The quantitative estimate of drug-likeness (QED) is 0.463. The first-order valence-corrected chi connectivity index (χ1v) is 15.3. The number of thioether (sulfide) groups is 1. The lowest BCUT2D eigenvalue weighted by molar-refractivity contribution is -0.160. The third-order valence-electron chi connectivity index (χ3n) is 9.73. The third-order valence-corrected chi connectivity index (χ3v) is 10.7. The number of carbonyl (C=O) groups excluding carboxylic acids is 3. The SMILES string of the molecule is CC(CC1CCC(C)(C)C1(C)C)OC(=O)C1CCCN1C(=O)C1CSCN1C(=O)C(O)Cc1ccc(O)cc1. The van der Waals surface area contributed by atoms with Gasteiger partial charge >= 0.3 is 5.97 Å². The third kappa shape index (κ3) is 6.24. The normalized spacial score (nSPS) is 27.4. The Morgan fingerprint density at radius 1 is 1.08 bits per heavy atom. The number of ether oxygens (including phenoxy) is 1. The van der Waals surface area contributed by atoms with Gasteiger partial charge in [-0.25, -0.2) is 4.79 Å². The molecule has 39 heavy (non-hydrogen) atoms. The Hall–Kier alpha value is -2.26. The van der Waals surface area contributed by atoms with Gasteiger partial charge in [0.1, 0.15) is 23.9 Å². The Balaban J connectivity index is 1.35. The van der Waals surface area contributed by atoms with Crippen LogP contribution in [-0.2, 0) is 25.5 Å². The molecule has 0 radical (unpaired) electrons. The molecular weight excluding hydrogens is 516 g/mol. The van der Waals surface area contributed by atoms with E-state index in [0.717, 1.165) is 19.3 Å². The van der Waals surface area contributed by atoms with Crippen molar-refractivity contribution in [1.82, 2.24) is 9.80 Å². The van der Waals surface area contributed by atoms with E-state index < -0.39 is 24.1 Å². The minimum Gasteiger partial charge on any atom is -0.508 e. The molecule has 0 bridgehead atoms. The van der Waals surface area contributed by atoms with Crippen LogP contribution in [0.1, 0.15) is 72.3 Å². The molecule has 0 aromatic heterocycles. The summed E-state index contributed by atoms with van der Waals surface area (Å²) < 4.78 is 5.91. The van der Waals surface area contributed by atoms with Crippen LogP contribution in [0.3, 0.4) is 0 Å². The number of amides is 2. The molecule has 4 rings (SSSR count). The van der Waals surface area contributed by atoms with Crippen LogP contribution in [0.4, 0.5) is 0 Å². The molecule has 3 aliphatic rings. The average Bonchev–Trinajstić information content (AvgIpc) is 3.60. The fourth-order valence-corrected chi connectivity index (χ4v) is 7.53. The molecular formula is C30H44N2O6S. The first kappa shape index (κ1) is 29.7. The predicted octanol–water partition coefficient (Wildman–Crippen LogP) is 3.97. The summed E-state index contributed by atoms with van der Waals surface area (Å²) in [6.45, 7) is 11.6. The standard InChI is InChI=1S/C30H44N2O6S/c1-19(15-21-12-13-29(2,3)30(21,4)5)38-28(37)23-7-6-14-31(23)26(35)24-17-39-18-32(24)27(36)25(34)16-20-8-10-22(33)11-9-20/h8-11,19,21,23-25,33-34H,6-7,12-18H2,1-5H3. The summed E-state index contributed by atoms with van der Waals surface area (Å²) in [6.07, 6.45) is 2.91. The van der Waals surface area contributed by atoms with Gasteiger partial charge in [-0.05, 0) is 73.5 Å². The smallest absolute Gasteiger partial charge is 0.329 e. The molecule has 1 saturated carbocycles. The molecule has 8 nitrogen and oxygen atoms in total. The molecule has 216 valence electrons. The van der Waals surface area contributed by atoms with E-state index in [4.69, 9.17) is 4.74 Å². The zero-order valence-electron chi connectivity index (χ0n) is 23.9. The first-order chi connectivity index (χ1) is 18.3. The topological polar surface area (TPSA) is 107 Å². The molecule has 2 aliphatic heterocycles. The van der Waals surface area contributed by atoms with Crippen molar-refractivity contribution in [3.63, 3.8) is 0 Å². The van der Waals surface area contributed by atoms with Gasteiger partial charge in [0.15, 0.2) is 0 Å². The lowest BCUT2D eigenvalue weighted by Gasteiger charge is -2.40. The lowest BCUT2D eigenvalue weighted by atomic mass is 9.66. The number of rotatable bonds is 8. The molecule has 1 aromatic carbocycles. The number of phenolic OH excluding ortho intramolecular Hbond substituents is 1. The maximum Gasteiger partial charge on any atom is 0.329 e. The van der Waals surface area contributed by atoms with Crippen LogP contribution in [0.2, 0.25) is 0 Å². The van der Waals surface area contributed by atoms with Crippen LogP contribution < -0.4 is 0 Å². The van der Waals surface area contributed by atoms with Crippen LogP contribution in [-0.4, -0.2) is 80.3 Å². The molecule has 0 spiro atoms. The second-order valence-corrected chi connectivity index (χ2v) is 13.7. The van der Waals surface area contributed by atoms with E-state index >= 15 is 0 Å². The Morgan fingerprint density at radius 2 is 1.77 bits per heavy atom. The van der Waals surface area contributed by atoms with E-state index in [2.05, 4.69) is 27.7 Å². The number of hydrogen-bond donors (Lipinski definition) is 2. The summed E-state index contributed by atoms with van der Waals surface area (Å²) in [6, 6.07) is 4.97. The summed E-state index contributed by atoms with van der Waals surface area (Å²) in [5.74, 6) is 0.212. The van der Waals surface area contributed by atoms with Crippen molar-refractivity contribution in [2.24, 2.45) is 16.7 Å². The highest BCUT2D eigenvalue weighted by Crippen LogP contribution is 2.57. The number of hydrogen-bond acceptors (Lipinski definition) is 7. The van der Waals surface area contributed by atoms with Gasteiger partial charge in [-0.2, -0.15) is 0 Å². The van der Waals surface area contributed by atoms with Crippen molar-refractivity contribution >= 4 is 29.5 Å². The van der Waals surface area contributed by atoms with Crippen molar-refractivity contribution in [1.29, 1.82) is 0 Å². The van der Waals surface area contributed by atoms with E-state index in [0.29, 0.717) is 42.5 Å². The first-order valence-electron chi connectivity index (χ1n) is 14.2. The Morgan fingerprint density at radius 3 is 2.41 bits per heavy atom. The van der Waals surface area contributed by atoms with Crippen LogP contribution in [0.25, 0.3) is 0 Å². The Labute approximate surface area is 236 Å². The van der Waals surface area contributed by atoms with Gasteiger partial charge in [0, 0.05) is 18.7 Å². The molecule has 5 atom stereocenters. The molecule has 3 fully saturated rings. The molecule has 2 N–H and O–H groups in total. The maximum absolute atomic E-state index is 13.6. The largest absolute Gasteiger partial charge is 0.508 e. The lowest BCUT2D eigenvalue weighted by Crippen LogP contribution is -2.54. The van der Waals surface area contributed by atoms with Gasteiger partial charge in [-0.1, -0.05) is 39.8 Å². The maximum atomic E-state index is 13.6. The number of aliphatic hydroxyl groups is 1.